The highest BCUT2D eigenvalue weighted by Crippen LogP contribution is 2.47. The van der Waals surface area contributed by atoms with E-state index in [9.17, 15) is 31.5 Å². The Morgan fingerprint density at radius 1 is 1.17 bits per heavy atom. The maximum Gasteiger partial charge on any atom is 0.507 e. The van der Waals surface area contributed by atoms with Crippen LogP contribution in [0.3, 0.4) is 0 Å². The van der Waals surface area contributed by atoms with Crippen molar-refractivity contribution in [2.24, 2.45) is 4.40 Å². The molecule has 0 bridgehead atoms. The van der Waals surface area contributed by atoms with E-state index in [1.807, 2.05) is 0 Å². The van der Waals surface area contributed by atoms with Crippen LogP contribution in [0.4, 0.5) is 17.6 Å². The number of nitrogens with one attached hydrogen (secondary N) is 1. The molecular weight excluding hydrogens is 422 g/mol. The van der Waals surface area contributed by atoms with Crippen molar-refractivity contribution in [3.05, 3.63) is 47.8 Å². The summed E-state index contributed by atoms with van der Waals surface area (Å²) in [7, 11) is -3.19. The van der Waals surface area contributed by atoms with E-state index in [4.69, 9.17) is 0 Å². The molecule has 156 valence electrons. The van der Waals surface area contributed by atoms with Gasteiger partial charge in [-0.15, -0.1) is 4.40 Å². The third-order valence-electron chi connectivity index (χ3n) is 4.15. The van der Waals surface area contributed by atoms with Crippen LogP contribution < -0.4 is 14.8 Å². The topological polar surface area (TPSA) is 104 Å². The fourth-order valence-corrected chi connectivity index (χ4v) is 3.74. The number of ether oxygens (including phenoxy) is 2. The Balaban J connectivity index is 1.58. The molecule has 3 aliphatic rings. The first-order chi connectivity index (χ1) is 13.5. The van der Waals surface area contributed by atoms with Crippen molar-refractivity contribution >= 4 is 22.5 Å². The van der Waals surface area contributed by atoms with E-state index in [2.05, 4.69) is 19.2 Å². The molecule has 1 aromatic rings. The fourth-order valence-electron chi connectivity index (χ4n) is 2.73. The quantitative estimate of drug-likeness (QED) is 0.617. The Morgan fingerprint density at radius 3 is 2.59 bits per heavy atom. The Morgan fingerprint density at radius 2 is 1.86 bits per heavy atom. The normalized spacial score (nSPS) is 24.0. The first-order valence-corrected chi connectivity index (χ1v) is 9.75. The van der Waals surface area contributed by atoms with Gasteiger partial charge in [0.2, 0.25) is 0 Å². The van der Waals surface area contributed by atoms with Crippen LogP contribution in [0.25, 0.3) is 0 Å². The number of benzene rings is 1. The molecule has 29 heavy (non-hydrogen) atoms. The minimum absolute atomic E-state index is 0.0308. The van der Waals surface area contributed by atoms with Crippen LogP contribution >= 0.6 is 10.8 Å². The lowest BCUT2D eigenvalue weighted by atomic mass is 10.1. The van der Waals surface area contributed by atoms with E-state index < -0.39 is 40.4 Å². The second-order valence-corrected chi connectivity index (χ2v) is 8.08. The number of carbonyl (C=O) groups is 1. The number of alkyl halides is 4. The zero-order valence-electron chi connectivity index (χ0n) is 14.3. The van der Waals surface area contributed by atoms with Gasteiger partial charge in [0.1, 0.15) is 0 Å². The van der Waals surface area contributed by atoms with Gasteiger partial charge in [-0.25, -0.2) is 0 Å². The van der Waals surface area contributed by atoms with E-state index in [1.165, 1.54) is 6.08 Å². The molecule has 0 aromatic heterocycles. The number of rotatable bonds is 2. The molecule has 4 rings (SSSR count). The predicted molar refractivity (Wildman–Crippen MR) is 94.1 cm³/mol. The molecule has 0 radical (unpaired) electrons. The summed E-state index contributed by atoms with van der Waals surface area (Å²) in [5.74, 6) is -2.01. The van der Waals surface area contributed by atoms with Crippen LogP contribution in [-0.4, -0.2) is 50.3 Å². The van der Waals surface area contributed by atoms with Crippen molar-refractivity contribution in [2.75, 3.05) is 12.3 Å². The van der Waals surface area contributed by atoms with Gasteiger partial charge in [-0.1, -0.05) is 10.8 Å². The number of halogens is 4. The van der Waals surface area contributed by atoms with E-state index in [-0.39, 0.29) is 29.4 Å². The number of carbonyl (C=O) groups excluding carboxylic acids is 1. The minimum atomic E-state index is -4.91. The molecule has 0 saturated heterocycles. The van der Waals surface area contributed by atoms with Gasteiger partial charge in [0.25, 0.3) is 5.91 Å². The number of nitrogens with zero attached hydrogens (tertiary/aromatic N) is 2. The summed E-state index contributed by atoms with van der Waals surface area (Å²) in [5, 5.41) is 2.47. The highest BCUT2D eigenvalue weighted by molar-refractivity contribution is 8.23. The Labute approximate surface area is 162 Å². The first kappa shape index (κ1) is 19.5. The molecule has 1 amide bonds. The van der Waals surface area contributed by atoms with Crippen LogP contribution in [0.15, 0.2) is 46.6 Å². The van der Waals surface area contributed by atoms with Gasteiger partial charge < -0.3 is 19.7 Å². The van der Waals surface area contributed by atoms with E-state index in [0.29, 0.717) is 0 Å². The standard InChI is InChI=1S/C16H13F4N3O5S/c17-15(18)16(19,20)28-12-8-9(3-4-11(12)27-15)14(24)21-10-2-1-5-23-6-7-29(25,26)22-13(10)23/h1-5,8,25-26H,6-7H2,(H,21,24). The average Bonchev–Trinajstić information content (AvgIpc) is 2.61. The Bertz CT molecular complexity index is 979. The van der Waals surface area contributed by atoms with Gasteiger partial charge in [-0.2, -0.15) is 17.6 Å². The number of amidine groups is 1. The maximum absolute atomic E-state index is 13.3. The molecule has 3 aliphatic heterocycles. The SMILES string of the molecule is O=C(NC1=CC=CN2CCS(O)(O)N=C12)c1ccc2c(c1)OC(F)(F)C(F)(F)O2. The van der Waals surface area contributed by atoms with Crippen molar-refractivity contribution in [1.82, 2.24) is 10.2 Å². The van der Waals surface area contributed by atoms with Crippen molar-refractivity contribution in [3.8, 4) is 11.5 Å². The summed E-state index contributed by atoms with van der Waals surface area (Å²) >= 11 is 0. The average molecular weight is 435 g/mol. The summed E-state index contributed by atoms with van der Waals surface area (Å²) in [4.78, 5) is 14.1. The minimum Gasteiger partial charge on any atom is -0.421 e. The zero-order chi connectivity index (χ0) is 21.0. The number of allylic oxidation sites excluding steroid dienone is 2. The maximum atomic E-state index is 13.3. The molecule has 3 heterocycles. The van der Waals surface area contributed by atoms with Gasteiger partial charge in [-0.05, 0) is 30.4 Å². The lowest BCUT2D eigenvalue weighted by molar-refractivity contribution is -0.391. The van der Waals surface area contributed by atoms with Crippen LogP contribution in [0.1, 0.15) is 10.4 Å². The van der Waals surface area contributed by atoms with Crippen molar-refractivity contribution in [3.63, 3.8) is 0 Å². The zero-order valence-corrected chi connectivity index (χ0v) is 15.1. The van der Waals surface area contributed by atoms with Gasteiger partial charge in [0, 0.05) is 18.3 Å². The second-order valence-electron chi connectivity index (χ2n) is 6.22. The van der Waals surface area contributed by atoms with E-state index in [1.54, 1.807) is 17.2 Å². The lowest BCUT2D eigenvalue weighted by Gasteiger charge is -2.38. The van der Waals surface area contributed by atoms with Crippen molar-refractivity contribution < 1.29 is 40.9 Å². The molecule has 0 aliphatic carbocycles. The lowest BCUT2D eigenvalue weighted by Crippen LogP contribution is -2.52. The van der Waals surface area contributed by atoms with E-state index in [0.717, 1.165) is 18.2 Å². The number of amides is 1. The highest BCUT2D eigenvalue weighted by Gasteiger charge is 2.65. The summed E-state index contributed by atoms with van der Waals surface area (Å²) in [5.41, 5.74) is -0.0395. The van der Waals surface area contributed by atoms with Crippen molar-refractivity contribution in [1.29, 1.82) is 0 Å². The molecule has 0 spiro atoms. The highest BCUT2D eigenvalue weighted by atomic mass is 32.3. The third kappa shape index (κ3) is 3.52. The monoisotopic (exact) mass is 435 g/mol. The van der Waals surface area contributed by atoms with Gasteiger partial charge >= 0.3 is 12.2 Å². The van der Waals surface area contributed by atoms with Gasteiger partial charge in [0.05, 0.1) is 11.4 Å². The Hall–Kier alpha value is -2.77. The molecule has 3 N–H and O–H groups in total. The molecule has 13 heteroatoms. The van der Waals surface area contributed by atoms with E-state index >= 15 is 0 Å². The van der Waals surface area contributed by atoms with Crippen LogP contribution in [0.2, 0.25) is 0 Å². The number of fused-ring (bicyclic) bond motifs is 2. The summed E-state index contributed by atoms with van der Waals surface area (Å²) in [6, 6.07) is 2.83. The predicted octanol–water partition coefficient (Wildman–Crippen LogP) is 3.16. The Kier molecular flexibility index (Phi) is 4.29. The largest absolute Gasteiger partial charge is 0.507 e. The third-order valence-corrected chi connectivity index (χ3v) is 5.35. The molecule has 8 nitrogen and oxygen atoms in total. The van der Waals surface area contributed by atoms with Gasteiger partial charge in [0.15, 0.2) is 17.3 Å². The van der Waals surface area contributed by atoms with Crippen LogP contribution in [0, 0.1) is 0 Å². The fraction of sp³-hybridized carbons (Fsp3) is 0.250. The molecule has 0 saturated carbocycles. The second kappa shape index (κ2) is 6.37. The summed E-state index contributed by atoms with van der Waals surface area (Å²) in [6.45, 7) is 0.262. The van der Waals surface area contributed by atoms with Crippen LogP contribution in [-0.2, 0) is 0 Å². The molecule has 0 fully saturated rings. The first-order valence-electron chi connectivity index (χ1n) is 8.08. The number of hydrogen-bond donors (Lipinski definition) is 3. The smallest absolute Gasteiger partial charge is 0.421 e. The molecule has 1 aromatic carbocycles. The van der Waals surface area contributed by atoms with Crippen molar-refractivity contribution in [2.45, 2.75) is 12.2 Å². The molecular formula is C16H13F4N3O5S. The molecule has 0 unspecified atom stereocenters. The number of hydrogen-bond acceptors (Lipinski definition) is 7. The van der Waals surface area contributed by atoms with Gasteiger partial charge in [-0.3, -0.25) is 13.9 Å². The molecule has 0 atom stereocenters. The summed E-state index contributed by atoms with van der Waals surface area (Å²) in [6.07, 6.45) is -5.07. The van der Waals surface area contributed by atoms with Crippen LogP contribution in [0.5, 0.6) is 11.5 Å². The summed E-state index contributed by atoms with van der Waals surface area (Å²) < 4.78 is 84.5.